The highest BCUT2D eigenvalue weighted by Gasteiger charge is 2.38. The van der Waals surface area contributed by atoms with Crippen LogP contribution in [0.4, 0.5) is 26.3 Å². The summed E-state index contributed by atoms with van der Waals surface area (Å²) in [6.07, 6.45) is -6.09. The number of hydrogen-bond acceptors (Lipinski definition) is 6. The zero-order valence-electron chi connectivity index (χ0n) is 19.6. The van der Waals surface area contributed by atoms with E-state index < -0.39 is 24.3 Å². The highest BCUT2D eigenvalue weighted by Crippen LogP contribution is 2.20. The monoisotopic (exact) mass is 546 g/mol. The van der Waals surface area contributed by atoms with Crippen molar-refractivity contribution in [3.8, 4) is 0 Å². The SMILES string of the molecule is CCN(CC)CC1CN(Cc2cccs2)Cc2nccn2C1.O=C(O)C(F)(F)F.O=C(O)C(F)(F)F. The molecule has 1 aliphatic heterocycles. The van der Waals surface area contributed by atoms with E-state index in [-0.39, 0.29) is 0 Å². The number of aliphatic carboxylic acids is 2. The number of fused-ring (bicyclic) bond motifs is 1. The Kier molecular flexibility index (Phi) is 12.4. The van der Waals surface area contributed by atoms with Gasteiger partial charge in [0.1, 0.15) is 5.82 Å². The number of imidazole rings is 1. The molecule has 8 nitrogen and oxygen atoms in total. The maximum absolute atomic E-state index is 10.6. The molecule has 2 aromatic heterocycles. The lowest BCUT2D eigenvalue weighted by Crippen LogP contribution is -2.36. The molecule has 0 saturated carbocycles. The van der Waals surface area contributed by atoms with E-state index in [1.54, 1.807) is 0 Å². The van der Waals surface area contributed by atoms with Crippen molar-refractivity contribution in [3.63, 3.8) is 0 Å². The first-order valence-electron chi connectivity index (χ1n) is 10.7. The molecule has 0 aromatic carbocycles. The zero-order chi connectivity index (χ0) is 27.5. The van der Waals surface area contributed by atoms with Crippen LogP contribution < -0.4 is 0 Å². The van der Waals surface area contributed by atoms with Gasteiger partial charge in [-0.1, -0.05) is 19.9 Å². The molecule has 2 aromatic rings. The minimum Gasteiger partial charge on any atom is -0.475 e. The van der Waals surface area contributed by atoms with Gasteiger partial charge in [-0.3, -0.25) is 4.90 Å². The zero-order valence-corrected chi connectivity index (χ0v) is 20.4. The van der Waals surface area contributed by atoms with Crippen molar-refractivity contribution in [2.24, 2.45) is 5.92 Å². The number of nitrogens with zero attached hydrogens (tertiary/aromatic N) is 4. The molecular weight excluding hydrogens is 518 g/mol. The number of halogens is 6. The number of hydrogen-bond donors (Lipinski definition) is 2. The Hall–Kier alpha value is -2.65. The molecule has 0 aliphatic carbocycles. The molecular formula is C21H28F6N4O4S. The lowest BCUT2D eigenvalue weighted by molar-refractivity contribution is -0.193. The number of aromatic nitrogens is 2. The largest absolute Gasteiger partial charge is 0.490 e. The first-order valence-corrected chi connectivity index (χ1v) is 11.6. The van der Waals surface area contributed by atoms with Gasteiger partial charge in [0.05, 0.1) is 6.54 Å². The molecule has 15 heteroatoms. The lowest BCUT2D eigenvalue weighted by Gasteiger charge is -2.28. The Bertz CT molecular complexity index is 906. The maximum Gasteiger partial charge on any atom is 0.490 e. The lowest BCUT2D eigenvalue weighted by atomic mass is 10.1. The van der Waals surface area contributed by atoms with Crippen molar-refractivity contribution in [3.05, 3.63) is 40.6 Å². The van der Waals surface area contributed by atoms with E-state index in [0.29, 0.717) is 5.92 Å². The fourth-order valence-electron chi connectivity index (χ4n) is 3.33. The van der Waals surface area contributed by atoms with Crippen LogP contribution in [0, 0.1) is 5.92 Å². The normalized spacial score (nSPS) is 16.2. The second-order valence-electron chi connectivity index (χ2n) is 7.70. The number of carbonyl (C=O) groups is 2. The first-order chi connectivity index (χ1) is 16.7. The van der Waals surface area contributed by atoms with Gasteiger partial charge in [0.25, 0.3) is 0 Å². The standard InChI is InChI=1S/C17H26N4S.2C2HF3O2/c1-3-19(4-2)10-15-11-20(13-16-6-5-9-22-16)14-17-18-7-8-21(17)12-15;2*3-2(4,5)1(6)7/h5-9,15H,3-4,10-14H2,1-2H3;2*(H,6,7). The van der Waals surface area contributed by atoms with Gasteiger partial charge in [0, 0.05) is 49.4 Å². The van der Waals surface area contributed by atoms with Crippen molar-refractivity contribution in [2.75, 3.05) is 26.2 Å². The molecule has 0 amide bonds. The Labute approximate surface area is 207 Å². The van der Waals surface area contributed by atoms with Gasteiger partial charge < -0.3 is 19.7 Å². The highest BCUT2D eigenvalue weighted by atomic mass is 32.1. The molecule has 0 saturated heterocycles. The Morgan fingerprint density at radius 1 is 1.08 bits per heavy atom. The summed E-state index contributed by atoms with van der Waals surface area (Å²) in [6, 6.07) is 4.38. The average Bonchev–Trinajstić information content (AvgIpc) is 3.40. The summed E-state index contributed by atoms with van der Waals surface area (Å²) in [5.41, 5.74) is 0. The number of alkyl halides is 6. The first kappa shape index (κ1) is 31.4. The van der Waals surface area contributed by atoms with Crippen LogP contribution >= 0.6 is 11.3 Å². The molecule has 3 rings (SSSR count). The number of carboxylic acid groups (broad SMARTS) is 2. The molecule has 2 N–H and O–H groups in total. The van der Waals surface area contributed by atoms with E-state index in [0.717, 1.165) is 39.3 Å². The predicted octanol–water partition coefficient (Wildman–Crippen LogP) is 4.19. The van der Waals surface area contributed by atoms with Crippen LogP contribution in [-0.2, 0) is 29.2 Å². The smallest absolute Gasteiger partial charge is 0.475 e. The van der Waals surface area contributed by atoms with Crippen LogP contribution in [0.5, 0.6) is 0 Å². The van der Waals surface area contributed by atoms with Crippen LogP contribution in [0.2, 0.25) is 0 Å². The van der Waals surface area contributed by atoms with Crippen LogP contribution in [0.25, 0.3) is 0 Å². The fraction of sp³-hybridized carbons (Fsp3) is 0.571. The molecule has 1 atom stereocenters. The van der Waals surface area contributed by atoms with Gasteiger partial charge in [0.2, 0.25) is 0 Å². The summed E-state index contributed by atoms with van der Waals surface area (Å²) in [5.74, 6) is -3.64. The average molecular weight is 547 g/mol. The van der Waals surface area contributed by atoms with E-state index in [1.165, 1.54) is 17.2 Å². The second kappa shape index (κ2) is 14.2. The van der Waals surface area contributed by atoms with E-state index >= 15 is 0 Å². The minimum absolute atomic E-state index is 0.662. The summed E-state index contributed by atoms with van der Waals surface area (Å²) < 4.78 is 65.8. The fourth-order valence-corrected chi connectivity index (χ4v) is 4.08. The molecule has 0 fully saturated rings. The Morgan fingerprint density at radius 3 is 2.08 bits per heavy atom. The van der Waals surface area contributed by atoms with Crippen molar-refractivity contribution in [1.82, 2.24) is 19.4 Å². The van der Waals surface area contributed by atoms with Crippen LogP contribution in [0.1, 0.15) is 24.5 Å². The molecule has 3 heterocycles. The van der Waals surface area contributed by atoms with Gasteiger partial charge >= 0.3 is 24.3 Å². The molecule has 1 unspecified atom stereocenters. The summed E-state index contributed by atoms with van der Waals surface area (Å²) in [5, 5.41) is 16.4. The molecule has 36 heavy (non-hydrogen) atoms. The Morgan fingerprint density at radius 2 is 1.64 bits per heavy atom. The molecule has 1 aliphatic rings. The molecule has 0 spiro atoms. The Balaban J connectivity index is 0.000000383. The van der Waals surface area contributed by atoms with Crippen LogP contribution in [-0.4, -0.2) is 80.0 Å². The van der Waals surface area contributed by atoms with Gasteiger partial charge in [-0.05, 0) is 24.5 Å². The maximum atomic E-state index is 10.6. The van der Waals surface area contributed by atoms with E-state index in [4.69, 9.17) is 19.8 Å². The number of rotatable bonds is 6. The van der Waals surface area contributed by atoms with Crippen LogP contribution in [0.3, 0.4) is 0 Å². The quantitative estimate of drug-likeness (QED) is 0.525. The topological polar surface area (TPSA) is 98.9 Å². The molecule has 0 radical (unpaired) electrons. The van der Waals surface area contributed by atoms with Crippen molar-refractivity contribution < 1.29 is 46.1 Å². The summed E-state index contributed by atoms with van der Waals surface area (Å²) in [6.45, 7) is 12.2. The van der Waals surface area contributed by atoms with Gasteiger partial charge in [-0.25, -0.2) is 14.6 Å². The van der Waals surface area contributed by atoms with E-state index in [2.05, 4.69) is 56.9 Å². The summed E-state index contributed by atoms with van der Waals surface area (Å²) in [4.78, 5) is 28.9. The van der Waals surface area contributed by atoms with Crippen LogP contribution in [0.15, 0.2) is 29.9 Å². The number of thiophene rings is 1. The third kappa shape index (κ3) is 11.4. The minimum atomic E-state index is -5.08. The van der Waals surface area contributed by atoms with E-state index in [1.807, 2.05) is 17.5 Å². The van der Waals surface area contributed by atoms with E-state index in [9.17, 15) is 26.3 Å². The van der Waals surface area contributed by atoms with Gasteiger partial charge in [0.15, 0.2) is 0 Å². The van der Waals surface area contributed by atoms with Crippen molar-refractivity contribution in [1.29, 1.82) is 0 Å². The van der Waals surface area contributed by atoms with Crippen molar-refractivity contribution >= 4 is 23.3 Å². The second-order valence-corrected chi connectivity index (χ2v) is 8.73. The summed E-state index contributed by atoms with van der Waals surface area (Å²) >= 11 is 1.85. The summed E-state index contributed by atoms with van der Waals surface area (Å²) in [7, 11) is 0. The third-order valence-electron chi connectivity index (χ3n) is 4.99. The predicted molar refractivity (Wildman–Crippen MR) is 119 cm³/mol. The van der Waals surface area contributed by atoms with Gasteiger partial charge in [-0.15, -0.1) is 11.3 Å². The highest BCUT2D eigenvalue weighted by molar-refractivity contribution is 7.09. The van der Waals surface area contributed by atoms with Gasteiger partial charge in [-0.2, -0.15) is 26.3 Å². The molecule has 204 valence electrons. The van der Waals surface area contributed by atoms with Crippen molar-refractivity contribution in [2.45, 2.75) is 45.8 Å². The molecule has 0 bridgehead atoms. The third-order valence-corrected chi connectivity index (χ3v) is 5.85. The number of carboxylic acids is 2.